The number of aromatic nitrogens is 1. The summed E-state index contributed by atoms with van der Waals surface area (Å²) in [6, 6.07) is 12.0. The molecule has 1 amide bonds. The van der Waals surface area contributed by atoms with Crippen molar-refractivity contribution in [3.8, 4) is 0 Å². The van der Waals surface area contributed by atoms with Crippen LogP contribution in [0.4, 0.5) is 4.79 Å². The molecule has 2 heterocycles. The second-order valence-electron chi connectivity index (χ2n) is 5.39. The second-order valence-corrected chi connectivity index (χ2v) is 5.39. The molecule has 1 unspecified atom stereocenters. The first kappa shape index (κ1) is 13.7. The fraction of sp³-hybridized carbons (Fsp3) is 0.353. The van der Waals surface area contributed by atoms with Crippen LogP contribution in [0.15, 0.2) is 48.8 Å². The Balaban J connectivity index is 1.64. The number of aromatic amines is 1. The quantitative estimate of drug-likeness (QED) is 0.929. The van der Waals surface area contributed by atoms with Crippen molar-refractivity contribution in [1.82, 2.24) is 9.88 Å². The number of rotatable bonds is 3. The lowest BCUT2D eigenvalue weighted by atomic mass is 9.98. The highest BCUT2D eigenvalue weighted by Gasteiger charge is 2.29. The Morgan fingerprint density at radius 3 is 2.86 bits per heavy atom. The van der Waals surface area contributed by atoms with E-state index in [0.717, 1.165) is 36.9 Å². The molecule has 1 saturated heterocycles. The fourth-order valence-corrected chi connectivity index (χ4v) is 2.84. The third-order valence-electron chi connectivity index (χ3n) is 3.95. The first-order valence-corrected chi connectivity index (χ1v) is 7.44. The van der Waals surface area contributed by atoms with Crippen molar-refractivity contribution in [3.63, 3.8) is 0 Å². The maximum Gasteiger partial charge on any atom is 0.410 e. The van der Waals surface area contributed by atoms with Crippen molar-refractivity contribution in [2.45, 2.75) is 31.9 Å². The largest absolute Gasteiger partial charge is 0.445 e. The first-order chi connectivity index (χ1) is 10.3. The third-order valence-corrected chi connectivity index (χ3v) is 3.95. The Hall–Kier alpha value is -2.23. The second kappa shape index (κ2) is 6.48. The number of hydrogen-bond acceptors (Lipinski definition) is 2. The zero-order chi connectivity index (χ0) is 14.5. The molecule has 1 aliphatic rings. The van der Waals surface area contributed by atoms with Crippen LogP contribution in [0.25, 0.3) is 0 Å². The van der Waals surface area contributed by atoms with Gasteiger partial charge in [-0.15, -0.1) is 0 Å². The Morgan fingerprint density at radius 1 is 1.24 bits per heavy atom. The van der Waals surface area contributed by atoms with Crippen molar-refractivity contribution >= 4 is 6.09 Å². The van der Waals surface area contributed by atoms with Crippen LogP contribution in [-0.4, -0.2) is 22.5 Å². The summed E-state index contributed by atoms with van der Waals surface area (Å²) in [5.41, 5.74) is 2.17. The van der Waals surface area contributed by atoms with Crippen LogP contribution in [0.1, 0.15) is 36.4 Å². The molecule has 0 spiro atoms. The van der Waals surface area contributed by atoms with Crippen LogP contribution in [-0.2, 0) is 11.3 Å². The van der Waals surface area contributed by atoms with Crippen LogP contribution in [0, 0.1) is 0 Å². The Bertz CT molecular complexity index is 566. The van der Waals surface area contributed by atoms with Gasteiger partial charge in [0.25, 0.3) is 0 Å². The molecular weight excluding hydrogens is 264 g/mol. The molecule has 1 aromatic heterocycles. The van der Waals surface area contributed by atoms with E-state index in [0.29, 0.717) is 6.61 Å². The highest BCUT2D eigenvalue weighted by Crippen LogP contribution is 2.31. The van der Waals surface area contributed by atoms with E-state index in [1.54, 1.807) is 0 Å². The number of amides is 1. The van der Waals surface area contributed by atoms with Crippen molar-refractivity contribution in [3.05, 3.63) is 59.9 Å². The van der Waals surface area contributed by atoms with Crippen molar-refractivity contribution in [2.75, 3.05) is 6.54 Å². The van der Waals surface area contributed by atoms with Crippen LogP contribution in [0.5, 0.6) is 0 Å². The monoisotopic (exact) mass is 284 g/mol. The molecule has 0 radical (unpaired) electrons. The fourth-order valence-electron chi connectivity index (χ4n) is 2.84. The van der Waals surface area contributed by atoms with Crippen LogP contribution in [0.2, 0.25) is 0 Å². The van der Waals surface area contributed by atoms with Gasteiger partial charge in [0.2, 0.25) is 0 Å². The maximum absolute atomic E-state index is 12.4. The number of ether oxygens (including phenoxy) is 1. The highest BCUT2D eigenvalue weighted by atomic mass is 16.6. The van der Waals surface area contributed by atoms with Crippen molar-refractivity contribution in [2.24, 2.45) is 0 Å². The number of benzene rings is 1. The zero-order valence-corrected chi connectivity index (χ0v) is 12.0. The SMILES string of the molecule is O=C(OCc1ccccc1)N1CCCCC1c1cc[nH]c1. The van der Waals surface area contributed by atoms with Gasteiger partial charge in [-0.3, -0.25) is 0 Å². The smallest absolute Gasteiger partial charge is 0.410 e. The lowest BCUT2D eigenvalue weighted by Crippen LogP contribution is -2.38. The molecule has 21 heavy (non-hydrogen) atoms. The third kappa shape index (κ3) is 3.27. The van der Waals surface area contributed by atoms with Gasteiger partial charge in [-0.1, -0.05) is 30.3 Å². The number of hydrogen-bond donors (Lipinski definition) is 1. The Kier molecular flexibility index (Phi) is 4.24. The number of likely N-dealkylation sites (tertiary alicyclic amines) is 1. The molecule has 0 aliphatic carbocycles. The van der Waals surface area contributed by atoms with Gasteiger partial charge < -0.3 is 14.6 Å². The van der Waals surface area contributed by atoms with Gasteiger partial charge in [0, 0.05) is 18.9 Å². The average Bonchev–Trinajstić information content (AvgIpc) is 3.08. The van der Waals surface area contributed by atoms with E-state index < -0.39 is 0 Å². The van der Waals surface area contributed by atoms with Gasteiger partial charge in [-0.25, -0.2) is 4.79 Å². The molecule has 0 saturated carbocycles. The van der Waals surface area contributed by atoms with Crippen LogP contribution >= 0.6 is 0 Å². The molecule has 1 N–H and O–H groups in total. The molecule has 4 nitrogen and oxygen atoms in total. The lowest BCUT2D eigenvalue weighted by molar-refractivity contribution is 0.0679. The Morgan fingerprint density at radius 2 is 2.10 bits per heavy atom. The maximum atomic E-state index is 12.4. The standard InChI is InChI=1S/C17H20N2O2/c20-17(21-13-14-6-2-1-3-7-14)19-11-5-4-8-16(19)15-9-10-18-12-15/h1-3,6-7,9-10,12,16,18H,4-5,8,11,13H2. The van der Waals surface area contributed by atoms with Gasteiger partial charge in [0.05, 0.1) is 6.04 Å². The molecule has 2 aromatic rings. The average molecular weight is 284 g/mol. The summed E-state index contributed by atoms with van der Waals surface area (Å²) in [5, 5.41) is 0. The molecule has 110 valence electrons. The van der Waals surface area contributed by atoms with E-state index in [9.17, 15) is 4.79 Å². The number of nitrogens with zero attached hydrogens (tertiary/aromatic N) is 1. The summed E-state index contributed by atoms with van der Waals surface area (Å²) >= 11 is 0. The van der Waals surface area contributed by atoms with Gasteiger partial charge in [0.15, 0.2) is 0 Å². The van der Waals surface area contributed by atoms with Crippen molar-refractivity contribution < 1.29 is 9.53 Å². The molecule has 3 rings (SSSR count). The summed E-state index contributed by atoms with van der Waals surface area (Å²) in [4.78, 5) is 17.3. The van der Waals surface area contributed by atoms with E-state index in [4.69, 9.17) is 4.74 Å². The van der Waals surface area contributed by atoms with Crippen LogP contribution in [0.3, 0.4) is 0 Å². The molecule has 1 atom stereocenters. The zero-order valence-electron chi connectivity index (χ0n) is 12.0. The summed E-state index contributed by atoms with van der Waals surface area (Å²) < 4.78 is 5.47. The molecule has 1 aliphatic heterocycles. The van der Waals surface area contributed by atoms with E-state index in [1.807, 2.05) is 53.7 Å². The summed E-state index contributed by atoms with van der Waals surface area (Å²) in [6.45, 7) is 1.10. The van der Waals surface area contributed by atoms with Gasteiger partial charge in [-0.2, -0.15) is 0 Å². The van der Waals surface area contributed by atoms with E-state index in [2.05, 4.69) is 4.98 Å². The van der Waals surface area contributed by atoms with Crippen molar-refractivity contribution in [1.29, 1.82) is 0 Å². The number of H-pyrrole nitrogens is 1. The van der Waals surface area contributed by atoms with E-state index >= 15 is 0 Å². The number of carbonyl (C=O) groups excluding carboxylic acids is 1. The van der Waals surface area contributed by atoms with Gasteiger partial charge >= 0.3 is 6.09 Å². The highest BCUT2D eigenvalue weighted by molar-refractivity contribution is 5.68. The Labute approximate surface area is 124 Å². The number of piperidine rings is 1. The summed E-state index contributed by atoms with van der Waals surface area (Å²) in [7, 11) is 0. The molecule has 4 heteroatoms. The molecule has 1 fully saturated rings. The number of nitrogens with one attached hydrogen (secondary N) is 1. The van der Waals surface area contributed by atoms with E-state index in [1.165, 1.54) is 0 Å². The molecule has 0 bridgehead atoms. The summed E-state index contributed by atoms with van der Waals surface area (Å²) in [6.07, 6.45) is 6.84. The van der Waals surface area contributed by atoms with Gasteiger partial charge in [0.1, 0.15) is 6.61 Å². The minimum atomic E-state index is -0.218. The normalized spacial score (nSPS) is 18.5. The topological polar surface area (TPSA) is 45.3 Å². The first-order valence-electron chi connectivity index (χ1n) is 7.44. The predicted molar refractivity (Wildman–Crippen MR) is 80.7 cm³/mol. The van der Waals surface area contributed by atoms with E-state index in [-0.39, 0.29) is 12.1 Å². The predicted octanol–water partition coefficient (Wildman–Crippen LogP) is 3.88. The number of carbonyl (C=O) groups is 1. The minimum Gasteiger partial charge on any atom is -0.445 e. The molecular formula is C17H20N2O2. The van der Waals surface area contributed by atoms with Gasteiger partial charge in [-0.05, 0) is 36.5 Å². The minimum absolute atomic E-state index is 0.133. The molecule has 1 aromatic carbocycles. The lowest BCUT2D eigenvalue weighted by Gasteiger charge is -2.34. The summed E-state index contributed by atoms with van der Waals surface area (Å²) in [5.74, 6) is 0. The van der Waals surface area contributed by atoms with Crippen LogP contribution < -0.4 is 0 Å².